The second-order valence-electron chi connectivity index (χ2n) is 4.03. The molecule has 0 aromatic heterocycles. The van der Waals surface area contributed by atoms with E-state index in [4.69, 9.17) is 0 Å². The van der Waals surface area contributed by atoms with Gasteiger partial charge in [0.05, 0.1) is 6.10 Å². The van der Waals surface area contributed by atoms with E-state index in [1.165, 1.54) is 0 Å². The molecule has 3 nitrogen and oxygen atoms in total. The third kappa shape index (κ3) is 4.79. The van der Waals surface area contributed by atoms with Gasteiger partial charge in [0, 0.05) is 18.2 Å². The third-order valence-electron chi connectivity index (χ3n) is 2.52. The van der Waals surface area contributed by atoms with Crippen LogP contribution in [0.2, 0.25) is 0 Å². The van der Waals surface area contributed by atoms with E-state index in [1.54, 1.807) is 11.8 Å². The molecule has 1 rings (SSSR count). The second kappa shape index (κ2) is 7.35. The molecule has 17 heavy (non-hydrogen) atoms. The van der Waals surface area contributed by atoms with Crippen LogP contribution in [-0.4, -0.2) is 29.6 Å². The van der Waals surface area contributed by atoms with Crippen molar-refractivity contribution in [2.24, 2.45) is 5.92 Å². The van der Waals surface area contributed by atoms with E-state index in [-0.39, 0.29) is 18.4 Å². The Kier molecular flexibility index (Phi) is 6.08. The SMILES string of the molecule is CSCC(C)C(=O)NCC(O)c1ccccc1. The van der Waals surface area contributed by atoms with E-state index >= 15 is 0 Å². The zero-order valence-corrected chi connectivity index (χ0v) is 11.0. The Morgan fingerprint density at radius 1 is 1.41 bits per heavy atom. The maximum Gasteiger partial charge on any atom is 0.223 e. The first kappa shape index (κ1) is 14.1. The number of carbonyl (C=O) groups is 1. The van der Waals surface area contributed by atoms with Gasteiger partial charge >= 0.3 is 0 Å². The summed E-state index contributed by atoms with van der Waals surface area (Å²) >= 11 is 1.65. The predicted octanol–water partition coefficient (Wildman–Crippen LogP) is 1.84. The molecule has 0 aliphatic carbocycles. The summed E-state index contributed by atoms with van der Waals surface area (Å²) in [4.78, 5) is 11.6. The average molecular weight is 253 g/mol. The van der Waals surface area contributed by atoms with Crippen molar-refractivity contribution in [2.75, 3.05) is 18.6 Å². The molecule has 0 fully saturated rings. The fourth-order valence-electron chi connectivity index (χ4n) is 1.49. The van der Waals surface area contributed by atoms with Crippen LogP contribution >= 0.6 is 11.8 Å². The molecule has 2 N–H and O–H groups in total. The normalized spacial score (nSPS) is 14.1. The van der Waals surface area contributed by atoms with Gasteiger partial charge in [0.2, 0.25) is 5.91 Å². The minimum atomic E-state index is -0.637. The molecule has 2 unspecified atom stereocenters. The van der Waals surface area contributed by atoms with Crippen molar-refractivity contribution in [1.82, 2.24) is 5.32 Å². The van der Waals surface area contributed by atoms with Crippen LogP contribution in [0, 0.1) is 5.92 Å². The molecule has 1 amide bonds. The maximum atomic E-state index is 11.6. The first-order chi connectivity index (χ1) is 8.15. The van der Waals surface area contributed by atoms with Gasteiger partial charge in [-0.2, -0.15) is 11.8 Å². The lowest BCUT2D eigenvalue weighted by atomic mass is 10.1. The molecule has 0 aliphatic rings. The predicted molar refractivity (Wildman–Crippen MR) is 72.0 cm³/mol. The van der Waals surface area contributed by atoms with Gasteiger partial charge in [0.25, 0.3) is 0 Å². The number of hydrogen-bond donors (Lipinski definition) is 2. The van der Waals surface area contributed by atoms with Crippen LogP contribution in [0.15, 0.2) is 30.3 Å². The highest BCUT2D eigenvalue weighted by Gasteiger charge is 2.14. The Hall–Kier alpha value is -1.00. The molecule has 0 radical (unpaired) electrons. The summed E-state index contributed by atoms with van der Waals surface area (Å²) in [5.41, 5.74) is 0.824. The van der Waals surface area contributed by atoms with Crippen molar-refractivity contribution in [3.63, 3.8) is 0 Å². The molecule has 1 aromatic carbocycles. The topological polar surface area (TPSA) is 49.3 Å². The fraction of sp³-hybridized carbons (Fsp3) is 0.462. The molecule has 4 heteroatoms. The summed E-state index contributed by atoms with van der Waals surface area (Å²) in [5.74, 6) is 0.773. The summed E-state index contributed by atoms with van der Waals surface area (Å²) in [6.07, 6.45) is 1.34. The van der Waals surface area contributed by atoms with Crippen LogP contribution < -0.4 is 5.32 Å². The Morgan fingerprint density at radius 3 is 2.65 bits per heavy atom. The summed E-state index contributed by atoms with van der Waals surface area (Å²) < 4.78 is 0. The van der Waals surface area contributed by atoms with E-state index in [1.807, 2.05) is 43.5 Å². The first-order valence-corrected chi connectivity index (χ1v) is 7.04. The zero-order valence-electron chi connectivity index (χ0n) is 10.2. The van der Waals surface area contributed by atoms with Gasteiger partial charge in [-0.25, -0.2) is 0 Å². The number of aliphatic hydroxyl groups excluding tert-OH is 1. The number of nitrogens with one attached hydrogen (secondary N) is 1. The summed E-state index contributed by atoms with van der Waals surface area (Å²) in [6.45, 7) is 2.16. The summed E-state index contributed by atoms with van der Waals surface area (Å²) in [5, 5.41) is 12.6. The van der Waals surface area contributed by atoms with Crippen molar-refractivity contribution in [1.29, 1.82) is 0 Å². The number of carbonyl (C=O) groups excluding carboxylic acids is 1. The van der Waals surface area contributed by atoms with E-state index in [9.17, 15) is 9.90 Å². The number of rotatable bonds is 6. The fourth-order valence-corrected chi connectivity index (χ4v) is 2.14. The molecule has 0 saturated heterocycles. The molecule has 0 saturated carbocycles. The lowest BCUT2D eigenvalue weighted by Gasteiger charge is -2.14. The van der Waals surface area contributed by atoms with Crippen LogP contribution in [0.25, 0.3) is 0 Å². The largest absolute Gasteiger partial charge is 0.387 e. The highest BCUT2D eigenvalue weighted by molar-refractivity contribution is 7.98. The summed E-state index contributed by atoms with van der Waals surface area (Å²) in [7, 11) is 0. The van der Waals surface area contributed by atoms with Crippen LogP contribution in [0.3, 0.4) is 0 Å². The zero-order chi connectivity index (χ0) is 12.7. The van der Waals surface area contributed by atoms with Gasteiger partial charge in [-0.05, 0) is 11.8 Å². The molecule has 0 spiro atoms. The van der Waals surface area contributed by atoms with Crippen molar-refractivity contribution in [3.05, 3.63) is 35.9 Å². The van der Waals surface area contributed by atoms with Crippen molar-refractivity contribution in [2.45, 2.75) is 13.0 Å². The number of aliphatic hydroxyl groups is 1. The van der Waals surface area contributed by atoms with Crippen molar-refractivity contribution >= 4 is 17.7 Å². The second-order valence-corrected chi connectivity index (χ2v) is 4.94. The highest BCUT2D eigenvalue weighted by Crippen LogP contribution is 2.11. The van der Waals surface area contributed by atoms with Crippen LogP contribution in [0.5, 0.6) is 0 Å². The van der Waals surface area contributed by atoms with Gasteiger partial charge < -0.3 is 10.4 Å². The monoisotopic (exact) mass is 253 g/mol. The molecule has 2 atom stereocenters. The smallest absolute Gasteiger partial charge is 0.223 e. The molecule has 0 aliphatic heterocycles. The standard InChI is InChI=1S/C13H19NO2S/c1-10(9-17-2)13(16)14-8-12(15)11-6-4-3-5-7-11/h3-7,10,12,15H,8-9H2,1-2H3,(H,14,16). The van der Waals surface area contributed by atoms with Gasteiger partial charge in [-0.15, -0.1) is 0 Å². The Bertz CT molecular complexity index is 343. The first-order valence-electron chi connectivity index (χ1n) is 5.64. The molecular weight excluding hydrogens is 234 g/mol. The molecule has 94 valence electrons. The average Bonchev–Trinajstić information content (AvgIpc) is 2.36. The quantitative estimate of drug-likeness (QED) is 0.813. The minimum Gasteiger partial charge on any atom is -0.387 e. The Morgan fingerprint density at radius 2 is 2.06 bits per heavy atom. The van der Waals surface area contributed by atoms with Gasteiger partial charge in [-0.3, -0.25) is 4.79 Å². The number of amides is 1. The lowest BCUT2D eigenvalue weighted by Crippen LogP contribution is -2.33. The van der Waals surface area contributed by atoms with E-state index < -0.39 is 6.10 Å². The van der Waals surface area contributed by atoms with Crippen LogP contribution in [0.4, 0.5) is 0 Å². The molecule has 1 aromatic rings. The Balaban J connectivity index is 2.38. The third-order valence-corrected chi connectivity index (χ3v) is 3.35. The van der Waals surface area contributed by atoms with Crippen molar-refractivity contribution < 1.29 is 9.90 Å². The number of hydrogen-bond acceptors (Lipinski definition) is 3. The van der Waals surface area contributed by atoms with E-state index in [2.05, 4.69) is 5.32 Å². The minimum absolute atomic E-state index is 0.00525. The van der Waals surface area contributed by atoms with E-state index in [0.29, 0.717) is 0 Å². The van der Waals surface area contributed by atoms with Crippen LogP contribution in [-0.2, 0) is 4.79 Å². The van der Waals surface area contributed by atoms with Gasteiger partial charge in [-0.1, -0.05) is 37.3 Å². The van der Waals surface area contributed by atoms with Crippen LogP contribution in [0.1, 0.15) is 18.6 Å². The van der Waals surface area contributed by atoms with Gasteiger partial charge in [0.15, 0.2) is 0 Å². The van der Waals surface area contributed by atoms with E-state index in [0.717, 1.165) is 11.3 Å². The molecule has 0 heterocycles. The Labute approximate surface area is 107 Å². The highest BCUT2D eigenvalue weighted by atomic mass is 32.2. The number of benzene rings is 1. The maximum absolute atomic E-state index is 11.6. The van der Waals surface area contributed by atoms with Crippen molar-refractivity contribution in [3.8, 4) is 0 Å². The summed E-state index contributed by atoms with van der Waals surface area (Å²) in [6, 6.07) is 9.34. The molecule has 0 bridgehead atoms. The molecular formula is C13H19NO2S. The number of thioether (sulfide) groups is 1. The lowest BCUT2D eigenvalue weighted by molar-refractivity contribution is -0.124. The van der Waals surface area contributed by atoms with Gasteiger partial charge in [0.1, 0.15) is 0 Å².